The van der Waals surface area contributed by atoms with Gasteiger partial charge in [-0.05, 0) is 81.6 Å². The Morgan fingerprint density at radius 2 is 0.442 bits per heavy atom. The van der Waals surface area contributed by atoms with E-state index >= 15 is 0 Å². The molecule has 0 saturated heterocycles. The Balaban J connectivity index is 0.609. The maximum Gasteiger partial charge on any atom is 0.167 e. The molecular formula is C76H64N6O4. The minimum Gasteiger partial charge on any atom is -0.507 e. The number of nitrogens with zero attached hydrogens (tertiary/aromatic N) is 6. The SMILES string of the molecule is Oc1cc(OCCCCCCCCCCOc2ccc(-c3nc(-c4ccc(-c5ccccc5)cc4)nc(-c4ccc(-c5ccccc5)cc4)n3)c(O)c2)ccc1-c1nc(-c2ccc(-c3ccccc3)cc2)nc(-c2ccc(-c3ccccc3)cc2)n1. The van der Waals surface area contributed by atoms with Gasteiger partial charge >= 0.3 is 0 Å². The Kier molecular flexibility index (Phi) is 17.7. The molecular weight excluding hydrogens is 1060 g/mol. The van der Waals surface area contributed by atoms with Gasteiger partial charge in [0.25, 0.3) is 0 Å². The summed E-state index contributed by atoms with van der Waals surface area (Å²) in [7, 11) is 0. The molecule has 10 heteroatoms. The highest BCUT2D eigenvalue weighted by atomic mass is 16.5. The third-order valence-corrected chi connectivity index (χ3v) is 15.3. The minimum absolute atomic E-state index is 0.0364. The number of hydrogen-bond acceptors (Lipinski definition) is 10. The highest BCUT2D eigenvalue weighted by Gasteiger charge is 2.19. The average molecular weight is 1130 g/mol. The molecule has 10 nitrogen and oxygen atoms in total. The maximum absolute atomic E-state index is 11.4. The quantitative estimate of drug-likeness (QED) is 0.0596. The fraction of sp³-hybridized carbons (Fsp3) is 0.132. The number of aromatic hydroxyl groups is 2. The number of aromatic nitrogens is 6. The van der Waals surface area contributed by atoms with E-state index in [1.165, 1.54) is 0 Å². The van der Waals surface area contributed by atoms with Crippen LogP contribution in [0.25, 0.3) is 113 Å². The van der Waals surface area contributed by atoms with Gasteiger partial charge in [-0.1, -0.05) is 257 Å². The van der Waals surface area contributed by atoms with E-state index in [9.17, 15) is 10.2 Å². The standard InChI is InChI=1S/C76H64N6O4/c83-69-51-65(45-47-67(69)75-79-71(61-37-29-57(30-38-61)53-21-11-7-12-22-53)77-72(80-75)62-39-31-58(32-40-62)54-23-13-8-14-24-54)85-49-19-5-3-1-2-4-6-20-50-86-66-46-48-68(70(84)52-66)76-81-73(63-41-33-59(34-42-63)55-25-15-9-16-26-55)78-74(82-76)64-43-35-60(36-44-64)56-27-17-10-18-28-56/h7-18,21-48,51-52,83-84H,1-6,19-20,49-50H2. The molecule has 2 N–H and O–H groups in total. The Labute approximate surface area is 502 Å². The van der Waals surface area contributed by atoms with Gasteiger partial charge in [-0.3, -0.25) is 0 Å². The lowest BCUT2D eigenvalue weighted by Gasteiger charge is -2.12. The first-order valence-electron chi connectivity index (χ1n) is 29.5. The fourth-order valence-electron chi connectivity index (χ4n) is 10.5. The van der Waals surface area contributed by atoms with Crippen molar-refractivity contribution in [3.8, 4) is 136 Å². The molecule has 0 bridgehead atoms. The van der Waals surface area contributed by atoms with Crippen LogP contribution in [0.5, 0.6) is 23.0 Å². The first kappa shape index (κ1) is 55.9. The molecule has 2 heterocycles. The fourth-order valence-corrected chi connectivity index (χ4v) is 10.5. The summed E-state index contributed by atoms with van der Waals surface area (Å²) in [6, 6.07) is 84.5. The largest absolute Gasteiger partial charge is 0.507 e. The van der Waals surface area contributed by atoms with Gasteiger partial charge in [0.15, 0.2) is 34.9 Å². The summed E-state index contributed by atoms with van der Waals surface area (Å²) in [6.45, 7) is 1.10. The molecule has 0 saturated carbocycles. The van der Waals surface area contributed by atoms with E-state index in [4.69, 9.17) is 39.4 Å². The molecule has 0 aliphatic rings. The Hall–Kier alpha value is -10.6. The molecule has 0 fully saturated rings. The van der Waals surface area contributed by atoms with Crippen LogP contribution in [0.3, 0.4) is 0 Å². The van der Waals surface area contributed by atoms with Crippen LogP contribution in [0.15, 0.2) is 255 Å². The zero-order valence-electron chi connectivity index (χ0n) is 47.7. The zero-order valence-corrected chi connectivity index (χ0v) is 47.7. The topological polar surface area (TPSA) is 136 Å². The van der Waals surface area contributed by atoms with Crippen LogP contribution in [-0.4, -0.2) is 53.3 Å². The van der Waals surface area contributed by atoms with Crippen molar-refractivity contribution >= 4 is 0 Å². The van der Waals surface area contributed by atoms with Crippen LogP contribution in [-0.2, 0) is 0 Å². The van der Waals surface area contributed by atoms with Gasteiger partial charge in [-0.2, -0.15) is 0 Å². The second-order valence-corrected chi connectivity index (χ2v) is 21.3. The van der Waals surface area contributed by atoms with E-state index in [0.29, 0.717) is 70.8 Å². The third-order valence-electron chi connectivity index (χ3n) is 15.3. The normalized spacial score (nSPS) is 11.1. The van der Waals surface area contributed by atoms with Crippen molar-refractivity contribution in [2.24, 2.45) is 0 Å². The second kappa shape index (κ2) is 27.2. The summed E-state index contributed by atoms with van der Waals surface area (Å²) in [5.74, 6) is 4.05. The van der Waals surface area contributed by atoms with Gasteiger partial charge in [0.2, 0.25) is 0 Å². The predicted molar refractivity (Wildman–Crippen MR) is 345 cm³/mol. The van der Waals surface area contributed by atoms with E-state index in [1.54, 1.807) is 12.1 Å². The van der Waals surface area contributed by atoms with Crippen LogP contribution in [0, 0.1) is 0 Å². The van der Waals surface area contributed by atoms with Crippen molar-refractivity contribution < 1.29 is 19.7 Å². The van der Waals surface area contributed by atoms with Crippen LogP contribution in [0.2, 0.25) is 0 Å². The molecule has 0 aliphatic heterocycles. The van der Waals surface area contributed by atoms with Gasteiger partial charge in [-0.25, -0.2) is 29.9 Å². The smallest absolute Gasteiger partial charge is 0.167 e. The van der Waals surface area contributed by atoms with Crippen molar-refractivity contribution in [1.82, 2.24) is 29.9 Å². The zero-order chi connectivity index (χ0) is 58.3. The Bertz CT molecular complexity index is 3680. The minimum atomic E-state index is 0.0364. The van der Waals surface area contributed by atoms with Crippen molar-refractivity contribution in [2.75, 3.05) is 13.2 Å². The van der Waals surface area contributed by atoms with Crippen molar-refractivity contribution in [3.05, 3.63) is 255 Å². The number of benzene rings is 10. The first-order chi connectivity index (χ1) is 42.4. The molecule has 86 heavy (non-hydrogen) atoms. The van der Waals surface area contributed by atoms with Crippen LogP contribution in [0.1, 0.15) is 51.4 Å². The first-order valence-corrected chi connectivity index (χ1v) is 29.5. The lowest BCUT2D eigenvalue weighted by atomic mass is 10.0. The Morgan fingerprint density at radius 3 is 0.698 bits per heavy atom. The van der Waals surface area contributed by atoms with Crippen LogP contribution < -0.4 is 9.47 Å². The summed E-state index contributed by atoms with van der Waals surface area (Å²) in [6.07, 6.45) is 8.47. The van der Waals surface area contributed by atoms with E-state index in [1.807, 2.05) is 146 Å². The number of ether oxygens (including phenoxy) is 2. The second-order valence-electron chi connectivity index (χ2n) is 21.3. The monoisotopic (exact) mass is 1120 g/mol. The maximum atomic E-state index is 11.4. The molecule has 2 aromatic heterocycles. The van der Waals surface area contributed by atoms with Gasteiger partial charge < -0.3 is 19.7 Å². The van der Waals surface area contributed by atoms with E-state index < -0.39 is 0 Å². The summed E-state index contributed by atoms with van der Waals surface area (Å²) in [4.78, 5) is 29.5. The molecule has 0 unspecified atom stereocenters. The van der Waals surface area contributed by atoms with Crippen molar-refractivity contribution in [2.45, 2.75) is 51.4 Å². The summed E-state index contributed by atoms with van der Waals surface area (Å²) >= 11 is 0. The molecule has 0 radical (unpaired) electrons. The summed E-state index contributed by atoms with van der Waals surface area (Å²) < 4.78 is 12.3. The molecule has 0 amide bonds. The number of unbranched alkanes of at least 4 members (excludes halogenated alkanes) is 7. The Morgan fingerprint density at radius 1 is 0.221 bits per heavy atom. The summed E-state index contributed by atoms with van der Waals surface area (Å²) in [5.41, 5.74) is 13.3. The molecule has 12 rings (SSSR count). The number of phenolic OH excluding ortho intramolecular Hbond substituents is 2. The van der Waals surface area contributed by atoms with Gasteiger partial charge in [0, 0.05) is 34.4 Å². The van der Waals surface area contributed by atoms with Gasteiger partial charge in [0.05, 0.1) is 24.3 Å². The molecule has 0 aliphatic carbocycles. The van der Waals surface area contributed by atoms with Crippen LogP contribution >= 0.6 is 0 Å². The lowest BCUT2D eigenvalue weighted by molar-refractivity contribution is 0.299. The third kappa shape index (κ3) is 13.9. The van der Waals surface area contributed by atoms with E-state index in [0.717, 1.165) is 118 Å². The highest BCUT2D eigenvalue weighted by molar-refractivity contribution is 5.76. The number of hydrogen-bond donors (Lipinski definition) is 2. The molecule has 0 spiro atoms. The number of rotatable bonds is 23. The molecule has 10 aromatic carbocycles. The lowest BCUT2D eigenvalue weighted by Crippen LogP contribution is -2.01. The molecule has 422 valence electrons. The molecule has 0 atom stereocenters. The van der Waals surface area contributed by atoms with Crippen molar-refractivity contribution in [3.63, 3.8) is 0 Å². The van der Waals surface area contributed by atoms with Crippen LogP contribution in [0.4, 0.5) is 0 Å². The van der Waals surface area contributed by atoms with Gasteiger partial charge in [-0.15, -0.1) is 0 Å². The molecule has 12 aromatic rings. The average Bonchev–Trinajstić information content (AvgIpc) is 2.94. The van der Waals surface area contributed by atoms with Gasteiger partial charge in [0.1, 0.15) is 23.0 Å². The number of phenols is 2. The van der Waals surface area contributed by atoms with Crippen molar-refractivity contribution in [1.29, 1.82) is 0 Å². The summed E-state index contributed by atoms with van der Waals surface area (Å²) in [5, 5.41) is 22.8. The van der Waals surface area contributed by atoms with E-state index in [-0.39, 0.29) is 11.5 Å². The predicted octanol–water partition coefficient (Wildman–Crippen LogP) is 18.7. The highest BCUT2D eigenvalue weighted by Crippen LogP contribution is 2.37. The van der Waals surface area contributed by atoms with E-state index in [2.05, 4.69) is 97.1 Å².